The van der Waals surface area contributed by atoms with E-state index in [9.17, 15) is 17.8 Å². The van der Waals surface area contributed by atoms with Crippen molar-refractivity contribution in [2.45, 2.75) is 31.2 Å². The maximum Gasteiger partial charge on any atom is 0.297 e. The van der Waals surface area contributed by atoms with Gasteiger partial charge in [0.15, 0.2) is 0 Å². The predicted octanol–water partition coefficient (Wildman–Crippen LogP) is 4.19. The Balaban J connectivity index is 2.09. The Bertz CT molecular complexity index is 1370. The van der Waals surface area contributed by atoms with Crippen molar-refractivity contribution in [3.05, 3.63) is 77.1 Å². The predicted molar refractivity (Wildman–Crippen MR) is 114 cm³/mol. The zero-order chi connectivity index (χ0) is 21.0. The van der Waals surface area contributed by atoms with Crippen molar-refractivity contribution < 1.29 is 13.0 Å². The Labute approximate surface area is 171 Å². The van der Waals surface area contributed by atoms with E-state index < -0.39 is 32.1 Å². The molecule has 0 spiro atoms. The third-order valence-electron chi connectivity index (χ3n) is 4.62. The van der Waals surface area contributed by atoms with Gasteiger partial charge in [0.1, 0.15) is 5.69 Å². The first-order chi connectivity index (χ1) is 13.6. The van der Waals surface area contributed by atoms with Crippen molar-refractivity contribution in [2.75, 3.05) is 0 Å². The van der Waals surface area contributed by atoms with E-state index in [1.807, 2.05) is 0 Å². The summed E-state index contributed by atoms with van der Waals surface area (Å²) in [7, 11) is -5.79. The van der Waals surface area contributed by atoms with Gasteiger partial charge in [-0.05, 0) is 45.0 Å². The van der Waals surface area contributed by atoms with Gasteiger partial charge in [0.25, 0.3) is 15.6 Å². The molecule has 1 atom stereocenters. The van der Waals surface area contributed by atoms with Crippen LogP contribution in [0.15, 0.2) is 76.4 Å². The number of nitrogens with zero attached hydrogens (tertiary/aromatic N) is 2. The van der Waals surface area contributed by atoms with Crippen LogP contribution >= 0.6 is 10.9 Å². The molecule has 2 aromatic carbocycles. The van der Waals surface area contributed by atoms with Crippen LogP contribution in [0.5, 0.6) is 0 Å². The quantitative estimate of drug-likeness (QED) is 0.458. The van der Waals surface area contributed by atoms with Crippen LogP contribution in [0.4, 0.5) is 0 Å². The number of hydrogen-bond acceptors (Lipinski definition) is 4. The smallest absolute Gasteiger partial charge is 0.297 e. The Morgan fingerprint density at radius 1 is 0.931 bits per heavy atom. The number of benzene rings is 2. The van der Waals surface area contributed by atoms with Gasteiger partial charge in [-0.1, -0.05) is 36.4 Å². The summed E-state index contributed by atoms with van der Waals surface area (Å²) in [6.07, 6.45) is 0. The Morgan fingerprint density at radius 2 is 1.55 bits per heavy atom. The molecule has 0 saturated carbocycles. The van der Waals surface area contributed by atoms with E-state index in [1.165, 1.54) is 26.1 Å². The summed E-state index contributed by atoms with van der Waals surface area (Å²) in [5.41, 5.74) is -0.380. The first-order valence-corrected chi connectivity index (χ1v) is 11.6. The summed E-state index contributed by atoms with van der Waals surface area (Å²) in [5, 5.41) is 0.682. The monoisotopic (exact) mass is 428 g/mol. The minimum atomic E-state index is -3.97. The molecule has 0 fully saturated rings. The van der Waals surface area contributed by atoms with Gasteiger partial charge in [-0.3, -0.25) is 4.79 Å². The third kappa shape index (κ3) is 3.13. The van der Waals surface area contributed by atoms with Crippen LogP contribution in [0.1, 0.15) is 20.8 Å². The molecule has 0 saturated heterocycles. The molecule has 0 amide bonds. The highest BCUT2D eigenvalue weighted by atomic mass is 32.2. The first kappa shape index (κ1) is 19.6. The number of hydrogen-bond donors (Lipinski definition) is 0. The molecule has 0 aliphatic rings. The van der Waals surface area contributed by atoms with Gasteiger partial charge in [-0.15, -0.1) is 3.96 Å². The number of rotatable bonds is 3. The third-order valence-corrected chi connectivity index (χ3v) is 8.12. The summed E-state index contributed by atoms with van der Waals surface area (Å²) < 4.78 is 42.6. The zero-order valence-electron chi connectivity index (χ0n) is 16.2. The second-order valence-corrected chi connectivity index (χ2v) is 10.8. The number of fused-ring (bicyclic) bond motifs is 1. The fraction of sp³-hybridized carbons (Fsp3) is 0.190. The van der Waals surface area contributed by atoms with Gasteiger partial charge in [-0.2, -0.15) is 0 Å². The molecule has 0 radical (unpaired) electrons. The summed E-state index contributed by atoms with van der Waals surface area (Å²) in [6, 6.07) is 18.0. The Kier molecular flexibility index (Phi) is 4.53. The normalized spacial score (nSPS) is 13.2. The molecule has 0 N–H and O–H groups in total. The van der Waals surface area contributed by atoms with Crippen LogP contribution in [-0.2, 0) is 15.6 Å². The molecule has 150 valence electrons. The van der Waals surface area contributed by atoms with Crippen molar-refractivity contribution in [2.24, 2.45) is 0 Å². The van der Waals surface area contributed by atoms with Crippen LogP contribution in [0.2, 0.25) is 0 Å². The molecule has 29 heavy (non-hydrogen) atoms. The van der Waals surface area contributed by atoms with E-state index in [0.29, 0.717) is 10.9 Å². The minimum absolute atomic E-state index is 0.117. The highest BCUT2D eigenvalue weighted by Crippen LogP contribution is 2.38. The minimum Gasteiger partial charge on any atom is -0.570 e. The van der Waals surface area contributed by atoms with Crippen molar-refractivity contribution in [3.8, 4) is 10.6 Å². The van der Waals surface area contributed by atoms with Gasteiger partial charge in [-0.25, -0.2) is 12.4 Å². The highest BCUT2D eigenvalue weighted by Gasteiger charge is 2.32. The molecule has 4 aromatic rings. The van der Waals surface area contributed by atoms with E-state index in [4.69, 9.17) is 0 Å². The van der Waals surface area contributed by atoms with Gasteiger partial charge in [0.2, 0.25) is 4.88 Å². The second-order valence-electron chi connectivity index (χ2n) is 7.73. The average Bonchev–Trinajstić information content (AvgIpc) is 3.19. The summed E-state index contributed by atoms with van der Waals surface area (Å²) >= 11 is 0. The lowest BCUT2D eigenvalue weighted by Gasteiger charge is -2.17. The largest absolute Gasteiger partial charge is 0.570 e. The van der Waals surface area contributed by atoms with Crippen LogP contribution in [0.3, 0.4) is 0 Å². The van der Waals surface area contributed by atoms with Gasteiger partial charge in [0.05, 0.1) is 33.0 Å². The first-order valence-electron chi connectivity index (χ1n) is 9.01. The molecule has 0 aliphatic carbocycles. The topological polar surface area (TPSA) is 84.1 Å². The summed E-state index contributed by atoms with van der Waals surface area (Å²) in [6.45, 7) is 5.36. The highest BCUT2D eigenvalue weighted by molar-refractivity contribution is 7.90. The lowest BCUT2D eigenvalue weighted by molar-refractivity contribution is 0.400. The standard InChI is InChI=1S/C21H20N2O4S2/c1-21(2,3)23-20(24)14-19(28(23)25)18-13-15-9-7-8-12-17(15)22(18)29(26,27)16-10-5-4-6-11-16/h4-14H,1-3H3. The molecule has 1 unspecified atom stereocenters. The fourth-order valence-electron chi connectivity index (χ4n) is 3.40. The van der Waals surface area contributed by atoms with E-state index in [1.54, 1.807) is 69.3 Å². The van der Waals surface area contributed by atoms with E-state index in [-0.39, 0.29) is 15.5 Å². The molecule has 2 aromatic heterocycles. The number of para-hydroxylation sites is 1. The van der Waals surface area contributed by atoms with E-state index in [0.717, 1.165) is 0 Å². The molecule has 0 aliphatic heterocycles. The lowest BCUT2D eigenvalue weighted by Crippen LogP contribution is -2.30. The van der Waals surface area contributed by atoms with E-state index >= 15 is 0 Å². The van der Waals surface area contributed by atoms with Crippen molar-refractivity contribution in [3.63, 3.8) is 0 Å². The fourth-order valence-corrected chi connectivity index (χ4v) is 6.45. The second kappa shape index (κ2) is 6.69. The van der Waals surface area contributed by atoms with Gasteiger partial charge < -0.3 is 4.55 Å². The molecule has 8 heteroatoms. The van der Waals surface area contributed by atoms with E-state index in [2.05, 4.69) is 0 Å². The van der Waals surface area contributed by atoms with Crippen LogP contribution in [0, 0.1) is 0 Å². The summed E-state index contributed by atoms with van der Waals surface area (Å²) in [5.74, 6) is 0. The lowest BCUT2D eigenvalue weighted by atomic mass is 10.1. The average molecular weight is 429 g/mol. The molecule has 0 bridgehead atoms. The van der Waals surface area contributed by atoms with Crippen LogP contribution < -0.4 is 5.56 Å². The van der Waals surface area contributed by atoms with Crippen LogP contribution in [-0.4, -0.2) is 20.9 Å². The van der Waals surface area contributed by atoms with Gasteiger partial charge >= 0.3 is 0 Å². The van der Waals surface area contributed by atoms with Gasteiger partial charge in [0, 0.05) is 5.39 Å². The SMILES string of the molecule is CC(C)(C)n1c(=O)cc(-c2cc3ccccc3n2S(=O)(=O)c2ccccc2)[s+]1[O-]. The molecule has 4 rings (SSSR count). The van der Waals surface area contributed by atoms with Crippen molar-refractivity contribution in [1.29, 1.82) is 0 Å². The van der Waals surface area contributed by atoms with Crippen LogP contribution in [0.25, 0.3) is 21.5 Å². The molecular weight excluding hydrogens is 408 g/mol. The maximum atomic E-state index is 13.5. The van der Waals surface area contributed by atoms with Crippen molar-refractivity contribution >= 4 is 31.9 Å². The number of aromatic nitrogens is 2. The van der Waals surface area contributed by atoms with Crippen molar-refractivity contribution in [1.82, 2.24) is 7.93 Å². The molecule has 2 heterocycles. The zero-order valence-corrected chi connectivity index (χ0v) is 17.8. The summed E-state index contributed by atoms with van der Waals surface area (Å²) in [4.78, 5) is 12.9. The maximum absolute atomic E-state index is 13.5. The molecular formula is C21H20N2O4S2. The Hall–Kier alpha value is -2.68. The molecule has 6 nitrogen and oxygen atoms in total. The Morgan fingerprint density at radius 3 is 2.17 bits per heavy atom.